The van der Waals surface area contributed by atoms with E-state index in [1.165, 1.54) is 18.5 Å². The average molecular weight is 151 g/mol. The number of hydrogen-bond acceptors (Lipinski definition) is 1. The largest absolute Gasteiger partial charge is 0.352 e. The molecular weight excluding hydrogens is 134 g/mol. The van der Waals surface area contributed by atoms with Crippen LogP contribution in [0.5, 0.6) is 0 Å². The van der Waals surface area contributed by atoms with Gasteiger partial charge in [-0.3, -0.25) is 0 Å². The summed E-state index contributed by atoms with van der Waals surface area (Å²) in [6.45, 7) is 9.34. The van der Waals surface area contributed by atoms with Gasteiger partial charge in [0, 0.05) is 12.2 Å². The minimum atomic E-state index is 0.715. The highest BCUT2D eigenvalue weighted by Gasteiger charge is 2.17. The topological polar surface area (TPSA) is 3.24 Å². The molecule has 0 spiro atoms. The molecule has 1 nitrogen and oxygen atoms in total. The first kappa shape index (κ1) is 8.38. The monoisotopic (exact) mass is 151 g/mol. The third kappa shape index (κ3) is 1.65. The first-order chi connectivity index (χ1) is 5.29. The lowest BCUT2D eigenvalue weighted by atomic mass is 9.96. The van der Waals surface area contributed by atoms with Gasteiger partial charge in [-0.15, -0.1) is 0 Å². The highest BCUT2D eigenvalue weighted by Crippen LogP contribution is 2.26. The Kier molecular flexibility index (Phi) is 2.75. The van der Waals surface area contributed by atoms with Gasteiger partial charge in [-0.25, -0.2) is 0 Å². The van der Waals surface area contributed by atoms with E-state index in [0.717, 1.165) is 6.54 Å². The molecule has 1 rings (SSSR count). The quantitative estimate of drug-likeness (QED) is 0.557. The lowest BCUT2D eigenvalue weighted by Gasteiger charge is -2.32. The Hall–Kier alpha value is -0.720. The molecule has 0 aromatic rings. The van der Waals surface area contributed by atoms with Crippen LogP contribution in [0.4, 0.5) is 0 Å². The molecule has 0 radical (unpaired) electrons. The molecule has 1 heteroatoms. The fourth-order valence-electron chi connectivity index (χ4n) is 1.77. The van der Waals surface area contributed by atoms with Gasteiger partial charge in [-0.2, -0.15) is 0 Å². The van der Waals surface area contributed by atoms with Gasteiger partial charge in [-0.1, -0.05) is 19.6 Å². The lowest BCUT2D eigenvalue weighted by Crippen LogP contribution is -2.27. The number of nitrogens with zero attached hydrogens (tertiary/aromatic N) is 1. The summed E-state index contributed by atoms with van der Waals surface area (Å²) in [5.74, 6) is 0.715. The van der Waals surface area contributed by atoms with E-state index in [2.05, 4.69) is 31.4 Å². The first-order valence-electron chi connectivity index (χ1n) is 4.35. The second kappa shape index (κ2) is 3.61. The lowest BCUT2D eigenvalue weighted by molar-refractivity contribution is 0.320. The zero-order chi connectivity index (χ0) is 8.27. The van der Waals surface area contributed by atoms with Gasteiger partial charge >= 0.3 is 0 Å². The SMILES string of the molecule is C=CN1CCCC(C)/C1=C/C. The molecule has 1 unspecified atom stereocenters. The molecule has 1 aliphatic heterocycles. The number of piperidine rings is 1. The highest BCUT2D eigenvalue weighted by atomic mass is 15.1. The van der Waals surface area contributed by atoms with Crippen molar-refractivity contribution in [3.63, 3.8) is 0 Å². The van der Waals surface area contributed by atoms with E-state index < -0.39 is 0 Å². The Morgan fingerprint density at radius 2 is 2.36 bits per heavy atom. The van der Waals surface area contributed by atoms with Crippen LogP contribution < -0.4 is 0 Å². The number of allylic oxidation sites excluding steroid dienone is 2. The maximum Gasteiger partial charge on any atom is 0.0222 e. The molecular formula is C10H17N. The Bertz CT molecular complexity index is 170. The van der Waals surface area contributed by atoms with Crippen molar-refractivity contribution < 1.29 is 0 Å². The number of rotatable bonds is 1. The summed E-state index contributed by atoms with van der Waals surface area (Å²) in [4.78, 5) is 2.26. The van der Waals surface area contributed by atoms with Gasteiger partial charge < -0.3 is 4.90 Å². The maximum absolute atomic E-state index is 3.80. The third-order valence-corrected chi connectivity index (χ3v) is 2.39. The molecule has 1 aliphatic rings. The zero-order valence-electron chi connectivity index (χ0n) is 7.51. The third-order valence-electron chi connectivity index (χ3n) is 2.39. The van der Waals surface area contributed by atoms with Crippen LogP contribution in [0, 0.1) is 5.92 Å². The van der Waals surface area contributed by atoms with Gasteiger partial charge in [0.2, 0.25) is 0 Å². The summed E-state index contributed by atoms with van der Waals surface area (Å²) in [5.41, 5.74) is 1.44. The standard InChI is InChI=1S/C10H17N/c1-4-10-9(3)7-6-8-11(10)5-2/h4-5,9H,2,6-8H2,1,3H3/b10-4-. The Morgan fingerprint density at radius 3 is 2.82 bits per heavy atom. The van der Waals surface area contributed by atoms with Crippen LogP contribution in [0.2, 0.25) is 0 Å². The van der Waals surface area contributed by atoms with Crippen molar-refractivity contribution in [2.75, 3.05) is 6.54 Å². The van der Waals surface area contributed by atoms with Crippen molar-refractivity contribution in [1.29, 1.82) is 0 Å². The molecule has 0 aromatic carbocycles. The Balaban J connectivity index is 2.71. The molecule has 0 amide bonds. The van der Waals surface area contributed by atoms with E-state index >= 15 is 0 Å². The van der Waals surface area contributed by atoms with Crippen LogP contribution in [-0.4, -0.2) is 11.4 Å². The van der Waals surface area contributed by atoms with Crippen LogP contribution >= 0.6 is 0 Å². The molecule has 1 fully saturated rings. The van der Waals surface area contributed by atoms with E-state index in [1.807, 2.05) is 6.20 Å². The Morgan fingerprint density at radius 1 is 1.64 bits per heavy atom. The molecule has 62 valence electrons. The zero-order valence-corrected chi connectivity index (χ0v) is 7.51. The number of likely N-dealkylation sites (tertiary alicyclic amines) is 1. The summed E-state index contributed by atoms with van der Waals surface area (Å²) in [5, 5.41) is 0. The Labute approximate surface area is 69.4 Å². The van der Waals surface area contributed by atoms with Crippen molar-refractivity contribution in [2.24, 2.45) is 5.92 Å². The summed E-state index contributed by atoms with van der Waals surface area (Å²) in [6.07, 6.45) is 6.75. The molecule has 0 aliphatic carbocycles. The molecule has 0 saturated carbocycles. The molecule has 0 aromatic heterocycles. The van der Waals surface area contributed by atoms with E-state index in [1.54, 1.807) is 0 Å². The van der Waals surface area contributed by atoms with Crippen LogP contribution in [0.1, 0.15) is 26.7 Å². The summed E-state index contributed by atoms with van der Waals surface area (Å²) >= 11 is 0. The van der Waals surface area contributed by atoms with Crippen molar-refractivity contribution in [3.05, 3.63) is 24.6 Å². The average Bonchev–Trinajstić information content (AvgIpc) is 2.04. The first-order valence-corrected chi connectivity index (χ1v) is 4.35. The van der Waals surface area contributed by atoms with E-state index in [-0.39, 0.29) is 0 Å². The van der Waals surface area contributed by atoms with Crippen LogP contribution in [-0.2, 0) is 0 Å². The van der Waals surface area contributed by atoms with Crippen molar-refractivity contribution in [1.82, 2.24) is 4.90 Å². The van der Waals surface area contributed by atoms with Crippen LogP contribution in [0.15, 0.2) is 24.6 Å². The molecule has 1 saturated heterocycles. The molecule has 1 atom stereocenters. The summed E-state index contributed by atoms with van der Waals surface area (Å²) < 4.78 is 0. The van der Waals surface area contributed by atoms with E-state index in [9.17, 15) is 0 Å². The van der Waals surface area contributed by atoms with Crippen molar-refractivity contribution in [2.45, 2.75) is 26.7 Å². The fraction of sp³-hybridized carbons (Fsp3) is 0.600. The van der Waals surface area contributed by atoms with Crippen LogP contribution in [0.25, 0.3) is 0 Å². The van der Waals surface area contributed by atoms with Crippen molar-refractivity contribution in [3.8, 4) is 0 Å². The second-order valence-electron chi connectivity index (χ2n) is 3.13. The highest BCUT2D eigenvalue weighted by molar-refractivity contribution is 5.09. The van der Waals surface area contributed by atoms with E-state index in [4.69, 9.17) is 0 Å². The fourth-order valence-corrected chi connectivity index (χ4v) is 1.77. The minimum Gasteiger partial charge on any atom is -0.352 e. The molecule has 11 heavy (non-hydrogen) atoms. The van der Waals surface area contributed by atoms with E-state index in [0.29, 0.717) is 5.92 Å². The maximum atomic E-state index is 3.80. The minimum absolute atomic E-state index is 0.715. The molecule has 0 N–H and O–H groups in total. The summed E-state index contributed by atoms with van der Waals surface area (Å²) in [6, 6.07) is 0. The molecule has 1 heterocycles. The van der Waals surface area contributed by atoms with Crippen LogP contribution in [0.3, 0.4) is 0 Å². The smallest absolute Gasteiger partial charge is 0.0222 e. The normalized spacial score (nSPS) is 29.1. The van der Waals surface area contributed by atoms with Gasteiger partial charge in [0.15, 0.2) is 0 Å². The second-order valence-corrected chi connectivity index (χ2v) is 3.13. The van der Waals surface area contributed by atoms with Gasteiger partial charge in [0.25, 0.3) is 0 Å². The molecule has 0 bridgehead atoms. The van der Waals surface area contributed by atoms with Crippen molar-refractivity contribution >= 4 is 0 Å². The van der Waals surface area contributed by atoms with Gasteiger partial charge in [0.1, 0.15) is 0 Å². The predicted molar refractivity (Wildman–Crippen MR) is 49.1 cm³/mol. The number of hydrogen-bond donors (Lipinski definition) is 0. The van der Waals surface area contributed by atoms with Gasteiger partial charge in [0.05, 0.1) is 0 Å². The van der Waals surface area contributed by atoms with Gasteiger partial charge in [-0.05, 0) is 31.9 Å². The predicted octanol–water partition coefficient (Wildman–Crippen LogP) is 2.77. The summed E-state index contributed by atoms with van der Waals surface area (Å²) in [7, 11) is 0.